The maximum Gasteiger partial charge on any atom is 0.296 e. The number of nitrogens with zero attached hydrogens (tertiary/aromatic N) is 2. The average molecular weight is 426 g/mol. The van der Waals surface area contributed by atoms with Crippen molar-refractivity contribution in [2.75, 3.05) is 24.2 Å². The van der Waals surface area contributed by atoms with Crippen LogP contribution in [-0.4, -0.2) is 41.5 Å². The number of rotatable bonds is 8. The molecule has 30 heavy (non-hydrogen) atoms. The summed E-state index contributed by atoms with van der Waals surface area (Å²) >= 11 is 1.24. The number of carbonyl (C=O) groups excluding carboxylic acids is 2. The molecule has 2 aromatic carbocycles. The zero-order valence-electron chi connectivity index (χ0n) is 17.6. The first-order chi connectivity index (χ1) is 14.7. The Morgan fingerprint density at radius 1 is 0.967 bits per heavy atom. The number of para-hydroxylation sites is 1. The quantitative estimate of drug-likeness (QED) is 0.612. The molecule has 0 aromatic heterocycles. The normalized spacial score (nSPS) is 14.3. The van der Waals surface area contributed by atoms with Crippen LogP contribution in [0.3, 0.4) is 0 Å². The third kappa shape index (κ3) is 6.34. The first-order valence-corrected chi connectivity index (χ1v) is 11.7. The molecule has 1 fully saturated rings. The topological polar surface area (TPSA) is 52.7 Å². The van der Waals surface area contributed by atoms with Gasteiger partial charge in [0.1, 0.15) is 6.54 Å². The standard InChI is InChI=1S/C24H31N3O2S/c1-25-26(24(29)30-18-17-20-11-5-2-6-12-20)19-23(28)27(21-13-7-3-8-14-21)22-15-9-4-10-16-22/h2-3,5-8,11-14,22,25H,4,9-10,15-19H2,1H3. The summed E-state index contributed by atoms with van der Waals surface area (Å²) in [5.41, 5.74) is 5.02. The lowest BCUT2D eigenvalue weighted by atomic mass is 9.93. The van der Waals surface area contributed by atoms with Crippen molar-refractivity contribution in [2.24, 2.45) is 0 Å². The molecule has 6 heteroatoms. The predicted octanol–water partition coefficient (Wildman–Crippen LogP) is 4.88. The lowest BCUT2D eigenvalue weighted by Gasteiger charge is -2.35. The van der Waals surface area contributed by atoms with E-state index in [0.717, 1.165) is 37.8 Å². The second-order valence-corrected chi connectivity index (χ2v) is 8.60. The third-order valence-corrected chi connectivity index (χ3v) is 6.36. The number of aryl methyl sites for hydroxylation is 1. The number of hydrazine groups is 1. The van der Waals surface area contributed by atoms with Crippen molar-refractivity contribution in [3.8, 4) is 0 Å². The Morgan fingerprint density at radius 3 is 2.23 bits per heavy atom. The molecule has 0 unspecified atom stereocenters. The number of hydrogen-bond acceptors (Lipinski definition) is 4. The number of hydrogen-bond donors (Lipinski definition) is 1. The van der Waals surface area contributed by atoms with Crippen LogP contribution in [0.1, 0.15) is 37.7 Å². The molecule has 2 amide bonds. The van der Waals surface area contributed by atoms with E-state index >= 15 is 0 Å². The second kappa shape index (κ2) is 11.8. The Hall–Kier alpha value is -2.31. The molecule has 0 heterocycles. The van der Waals surface area contributed by atoms with Gasteiger partial charge in [-0.05, 0) is 37.0 Å². The Morgan fingerprint density at radius 2 is 1.60 bits per heavy atom. The minimum Gasteiger partial charge on any atom is -0.308 e. The number of amides is 2. The summed E-state index contributed by atoms with van der Waals surface area (Å²) < 4.78 is 0. The van der Waals surface area contributed by atoms with Crippen molar-refractivity contribution < 1.29 is 9.59 Å². The number of carbonyl (C=O) groups is 2. The van der Waals surface area contributed by atoms with Crippen LogP contribution in [0.15, 0.2) is 60.7 Å². The van der Waals surface area contributed by atoms with Gasteiger partial charge in [-0.3, -0.25) is 14.6 Å². The van der Waals surface area contributed by atoms with Gasteiger partial charge in [-0.25, -0.2) is 5.43 Å². The zero-order chi connectivity index (χ0) is 21.2. The lowest BCUT2D eigenvalue weighted by molar-refractivity contribution is -0.120. The van der Waals surface area contributed by atoms with Gasteiger partial charge in [-0.15, -0.1) is 0 Å². The van der Waals surface area contributed by atoms with Gasteiger partial charge >= 0.3 is 0 Å². The Kier molecular flexibility index (Phi) is 8.78. The van der Waals surface area contributed by atoms with Crippen LogP contribution in [0.4, 0.5) is 10.5 Å². The van der Waals surface area contributed by atoms with Gasteiger partial charge in [0.15, 0.2) is 0 Å². The van der Waals surface area contributed by atoms with Crippen molar-refractivity contribution >= 4 is 28.6 Å². The van der Waals surface area contributed by atoms with E-state index in [1.54, 1.807) is 7.05 Å². The lowest BCUT2D eigenvalue weighted by Crippen LogP contribution is -2.50. The van der Waals surface area contributed by atoms with Crippen LogP contribution in [0.2, 0.25) is 0 Å². The second-order valence-electron chi connectivity index (χ2n) is 7.55. The van der Waals surface area contributed by atoms with Crippen LogP contribution in [0, 0.1) is 0 Å². The van der Waals surface area contributed by atoms with Crippen LogP contribution < -0.4 is 10.3 Å². The van der Waals surface area contributed by atoms with Crippen LogP contribution in [0.25, 0.3) is 0 Å². The molecule has 0 bridgehead atoms. The number of benzene rings is 2. The Bertz CT molecular complexity index is 795. The maximum atomic E-state index is 13.3. The molecule has 2 aromatic rings. The van der Waals surface area contributed by atoms with Crippen LogP contribution >= 0.6 is 11.8 Å². The molecular weight excluding hydrogens is 394 g/mol. The molecule has 0 aliphatic heterocycles. The first kappa shape index (κ1) is 22.4. The van der Waals surface area contributed by atoms with Crippen molar-refractivity contribution in [3.63, 3.8) is 0 Å². The molecule has 160 valence electrons. The van der Waals surface area contributed by atoms with E-state index in [-0.39, 0.29) is 23.7 Å². The van der Waals surface area contributed by atoms with Crippen molar-refractivity contribution in [1.82, 2.24) is 10.4 Å². The largest absolute Gasteiger partial charge is 0.308 e. The van der Waals surface area contributed by atoms with Crippen LogP contribution in [-0.2, 0) is 11.2 Å². The predicted molar refractivity (Wildman–Crippen MR) is 125 cm³/mol. The molecule has 5 nitrogen and oxygen atoms in total. The monoisotopic (exact) mass is 425 g/mol. The number of thioether (sulfide) groups is 1. The third-order valence-electron chi connectivity index (χ3n) is 5.49. The van der Waals surface area contributed by atoms with Gasteiger partial charge in [-0.2, -0.15) is 0 Å². The van der Waals surface area contributed by atoms with E-state index in [1.165, 1.54) is 28.8 Å². The molecule has 0 saturated heterocycles. The van der Waals surface area contributed by atoms with E-state index in [4.69, 9.17) is 0 Å². The van der Waals surface area contributed by atoms with Gasteiger partial charge in [-0.1, -0.05) is 79.6 Å². The maximum absolute atomic E-state index is 13.3. The fraction of sp³-hybridized carbons (Fsp3) is 0.417. The highest BCUT2D eigenvalue weighted by molar-refractivity contribution is 8.13. The Labute approximate surface area is 183 Å². The molecule has 0 radical (unpaired) electrons. The summed E-state index contributed by atoms with van der Waals surface area (Å²) in [4.78, 5) is 27.9. The summed E-state index contributed by atoms with van der Waals surface area (Å²) in [7, 11) is 1.69. The highest BCUT2D eigenvalue weighted by atomic mass is 32.2. The summed E-state index contributed by atoms with van der Waals surface area (Å²) in [6, 6.07) is 20.2. The van der Waals surface area contributed by atoms with Crippen molar-refractivity contribution in [2.45, 2.75) is 44.6 Å². The average Bonchev–Trinajstić information content (AvgIpc) is 2.79. The summed E-state index contributed by atoms with van der Waals surface area (Å²) in [6.45, 7) is 0.0268. The van der Waals surface area contributed by atoms with E-state index < -0.39 is 0 Å². The fourth-order valence-corrected chi connectivity index (χ4v) is 4.74. The zero-order valence-corrected chi connectivity index (χ0v) is 18.4. The highest BCUT2D eigenvalue weighted by Gasteiger charge is 2.29. The minimum absolute atomic E-state index is 0.0268. The van der Waals surface area contributed by atoms with Crippen molar-refractivity contribution in [1.29, 1.82) is 0 Å². The van der Waals surface area contributed by atoms with E-state index in [9.17, 15) is 9.59 Å². The molecule has 1 aliphatic rings. The summed E-state index contributed by atoms with van der Waals surface area (Å²) in [5, 5.41) is 1.30. The van der Waals surface area contributed by atoms with Gasteiger partial charge in [0.25, 0.3) is 5.24 Å². The molecular formula is C24H31N3O2S. The van der Waals surface area contributed by atoms with Gasteiger partial charge in [0.2, 0.25) is 5.91 Å². The smallest absolute Gasteiger partial charge is 0.296 e. The molecule has 0 atom stereocenters. The summed E-state index contributed by atoms with van der Waals surface area (Å²) in [6.07, 6.45) is 6.37. The van der Waals surface area contributed by atoms with E-state index in [0.29, 0.717) is 5.75 Å². The molecule has 1 N–H and O–H groups in total. The van der Waals surface area contributed by atoms with Gasteiger partial charge in [0.05, 0.1) is 0 Å². The first-order valence-electron chi connectivity index (χ1n) is 10.7. The highest BCUT2D eigenvalue weighted by Crippen LogP contribution is 2.27. The molecule has 1 saturated carbocycles. The number of anilines is 1. The Balaban J connectivity index is 1.61. The summed E-state index contributed by atoms with van der Waals surface area (Å²) in [5.74, 6) is 0.639. The van der Waals surface area contributed by atoms with E-state index in [1.807, 2.05) is 53.4 Å². The fourth-order valence-electron chi connectivity index (χ4n) is 3.91. The SMILES string of the molecule is CNN(CC(=O)N(c1ccccc1)C1CCCCC1)C(=O)SCCc1ccccc1. The van der Waals surface area contributed by atoms with Crippen molar-refractivity contribution in [3.05, 3.63) is 66.2 Å². The molecule has 1 aliphatic carbocycles. The number of nitrogens with one attached hydrogen (secondary N) is 1. The minimum atomic E-state index is -0.126. The van der Waals surface area contributed by atoms with Crippen LogP contribution in [0.5, 0.6) is 0 Å². The van der Waals surface area contributed by atoms with Gasteiger partial charge < -0.3 is 4.90 Å². The van der Waals surface area contributed by atoms with E-state index in [2.05, 4.69) is 17.6 Å². The molecule has 0 spiro atoms. The van der Waals surface area contributed by atoms with Gasteiger partial charge in [0, 0.05) is 24.5 Å². The molecule has 3 rings (SSSR count).